The number of thiocarbonyl (C=S) groups is 1. The van der Waals surface area contributed by atoms with Crippen molar-refractivity contribution in [3.8, 4) is 0 Å². The third kappa shape index (κ3) is 4.03. The third-order valence-corrected chi connectivity index (χ3v) is 2.62. The van der Waals surface area contributed by atoms with Gasteiger partial charge in [0.1, 0.15) is 5.69 Å². The van der Waals surface area contributed by atoms with E-state index < -0.39 is 0 Å². The zero-order valence-electron chi connectivity index (χ0n) is 10.2. The zero-order chi connectivity index (χ0) is 12.8. The molecular formula is C10H17N5OS. The molecule has 0 spiro atoms. The second-order valence-electron chi connectivity index (χ2n) is 3.56. The molecule has 94 valence electrons. The summed E-state index contributed by atoms with van der Waals surface area (Å²) >= 11 is 4.90. The summed E-state index contributed by atoms with van der Waals surface area (Å²) in [5, 5.41) is 13.1. The Hall–Kier alpha value is -1.63. The van der Waals surface area contributed by atoms with Crippen LogP contribution in [0.3, 0.4) is 0 Å². The molecule has 0 atom stereocenters. The van der Waals surface area contributed by atoms with Crippen LogP contribution in [0.5, 0.6) is 0 Å². The summed E-state index contributed by atoms with van der Waals surface area (Å²) in [6, 6.07) is 1.75. The Labute approximate surface area is 106 Å². The van der Waals surface area contributed by atoms with Crippen molar-refractivity contribution in [2.45, 2.75) is 6.92 Å². The first-order chi connectivity index (χ1) is 8.04. The van der Waals surface area contributed by atoms with Gasteiger partial charge in [-0.1, -0.05) is 0 Å². The normalized spacial score (nSPS) is 9.82. The van der Waals surface area contributed by atoms with Gasteiger partial charge in [-0.2, -0.15) is 5.10 Å². The highest BCUT2D eigenvalue weighted by molar-refractivity contribution is 7.80. The molecule has 1 heterocycles. The highest BCUT2D eigenvalue weighted by Crippen LogP contribution is 2.00. The third-order valence-electron chi connectivity index (χ3n) is 2.27. The number of amides is 1. The molecule has 0 aromatic carbocycles. The lowest BCUT2D eigenvalue weighted by atomic mass is 10.3. The quantitative estimate of drug-likeness (QED) is 0.502. The van der Waals surface area contributed by atoms with Crippen LogP contribution in [0, 0.1) is 6.92 Å². The number of nitrogens with zero attached hydrogens (tertiary/aromatic N) is 2. The molecule has 0 bridgehead atoms. The Balaban J connectivity index is 2.33. The summed E-state index contributed by atoms with van der Waals surface area (Å²) in [7, 11) is 3.55. The Morgan fingerprint density at radius 3 is 2.65 bits per heavy atom. The van der Waals surface area contributed by atoms with Gasteiger partial charge < -0.3 is 16.0 Å². The fourth-order valence-electron chi connectivity index (χ4n) is 1.20. The minimum atomic E-state index is -0.175. The van der Waals surface area contributed by atoms with E-state index >= 15 is 0 Å². The van der Waals surface area contributed by atoms with E-state index in [2.05, 4.69) is 21.0 Å². The van der Waals surface area contributed by atoms with Gasteiger partial charge in [-0.15, -0.1) is 0 Å². The SMILES string of the molecule is CNC(=S)NCCNC(=O)c1cc(C)n(C)n1. The van der Waals surface area contributed by atoms with Crippen LogP contribution in [0.25, 0.3) is 0 Å². The molecule has 0 unspecified atom stereocenters. The molecule has 0 aliphatic carbocycles. The molecular weight excluding hydrogens is 238 g/mol. The summed E-state index contributed by atoms with van der Waals surface area (Å²) < 4.78 is 1.67. The number of hydrogen-bond donors (Lipinski definition) is 3. The van der Waals surface area contributed by atoms with Crippen molar-refractivity contribution < 1.29 is 4.79 Å². The molecule has 0 aliphatic heterocycles. The second-order valence-corrected chi connectivity index (χ2v) is 3.96. The molecule has 3 N–H and O–H groups in total. The van der Waals surface area contributed by atoms with Crippen molar-refractivity contribution in [2.75, 3.05) is 20.1 Å². The van der Waals surface area contributed by atoms with Gasteiger partial charge in [-0.3, -0.25) is 9.48 Å². The van der Waals surface area contributed by atoms with Crippen molar-refractivity contribution in [2.24, 2.45) is 7.05 Å². The molecule has 0 fully saturated rings. The standard InChI is InChI=1S/C10H17N5OS/c1-7-6-8(14-15(7)3)9(16)12-4-5-13-10(17)11-2/h6H,4-5H2,1-3H3,(H,12,16)(H2,11,13,17). The minimum absolute atomic E-state index is 0.175. The van der Waals surface area contributed by atoms with Crippen molar-refractivity contribution in [1.82, 2.24) is 25.7 Å². The van der Waals surface area contributed by atoms with E-state index in [1.54, 1.807) is 24.8 Å². The van der Waals surface area contributed by atoms with Crippen molar-refractivity contribution in [1.29, 1.82) is 0 Å². The van der Waals surface area contributed by atoms with E-state index in [-0.39, 0.29) is 5.91 Å². The molecule has 7 heteroatoms. The van der Waals surface area contributed by atoms with Crippen molar-refractivity contribution >= 4 is 23.2 Å². The summed E-state index contributed by atoms with van der Waals surface area (Å²) in [6.45, 7) is 2.98. The van der Waals surface area contributed by atoms with Crippen LogP contribution >= 0.6 is 12.2 Å². The maximum Gasteiger partial charge on any atom is 0.271 e. The summed E-state index contributed by atoms with van der Waals surface area (Å²) in [5.41, 5.74) is 1.38. The van der Waals surface area contributed by atoms with Crippen molar-refractivity contribution in [3.05, 3.63) is 17.5 Å². The van der Waals surface area contributed by atoms with E-state index in [9.17, 15) is 4.79 Å². The first kappa shape index (κ1) is 13.4. The fraction of sp³-hybridized carbons (Fsp3) is 0.500. The average molecular weight is 255 g/mol. The zero-order valence-corrected chi connectivity index (χ0v) is 11.0. The lowest BCUT2D eigenvalue weighted by molar-refractivity contribution is 0.0948. The Morgan fingerprint density at radius 1 is 1.47 bits per heavy atom. The molecule has 1 amide bonds. The number of aryl methyl sites for hydroxylation is 2. The highest BCUT2D eigenvalue weighted by atomic mass is 32.1. The number of carbonyl (C=O) groups excluding carboxylic acids is 1. The molecule has 1 aromatic rings. The molecule has 17 heavy (non-hydrogen) atoms. The maximum atomic E-state index is 11.7. The Morgan fingerprint density at radius 2 is 2.12 bits per heavy atom. The van der Waals surface area contributed by atoms with E-state index in [1.807, 2.05) is 6.92 Å². The molecule has 0 saturated heterocycles. The molecule has 1 aromatic heterocycles. The molecule has 0 radical (unpaired) electrons. The van der Waals surface area contributed by atoms with Crippen LogP contribution in [0.2, 0.25) is 0 Å². The summed E-state index contributed by atoms with van der Waals surface area (Å²) in [4.78, 5) is 11.7. The van der Waals surface area contributed by atoms with Crippen LogP contribution < -0.4 is 16.0 Å². The topological polar surface area (TPSA) is 71.0 Å². The lowest BCUT2D eigenvalue weighted by Gasteiger charge is -2.07. The smallest absolute Gasteiger partial charge is 0.271 e. The number of nitrogens with one attached hydrogen (secondary N) is 3. The van der Waals surface area contributed by atoms with Crippen LogP contribution in [0.15, 0.2) is 6.07 Å². The molecule has 0 saturated carbocycles. The fourth-order valence-corrected chi connectivity index (χ4v) is 1.30. The van der Waals surface area contributed by atoms with E-state index in [1.165, 1.54) is 0 Å². The highest BCUT2D eigenvalue weighted by Gasteiger charge is 2.09. The number of rotatable bonds is 4. The lowest BCUT2D eigenvalue weighted by Crippen LogP contribution is -2.38. The first-order valence-corrected chi connectivity index (χ1v) is 5.70. The Bertz CT molecular complexity index is 395. The van der Waals surface area contributed by atoms with Gasteiger partial charge in [0.05, 0.1) is 0 Å². The summed E-state index contributed by atoms with van der Waals surface area (Å²) in [5.74, 6) is -0.175. The number of hydrogen-bond acceptors (Lipinski definition) is 3. The van der Waals surface area contributed by atoms with Crippen molar-refractivity contribution in [3.63, 3.8) is 0 Å². The average Bonchev–Trinajstić information content (AvgIpc) is 2.64. The van der Waals surface area contributed by atoms with Gasteiger partial charge in [0, 0.05) is 32.9 Å². The number of aromatic nitrogens is 2. The van der Waals surface area contributed by atoms with Gasteiger partial charge in [0.15, 0.2) is 5.11 Å². The van der Waals surface area contributed by atoms with Crippen LogP contribution in [0.1, 0.15) is 16.2 Å². The van der Waals surface area contributed by atoms with Crippen LogP contribution in [-0.2, 0) is 7.05 Å². The van der Waals surface area contributed by atoms with E-state index in [4.69, 9.17) is 12.2 Å². The van der Waals surface area contributed by atoms with Crippen LogP contribution in [-0.4, -0.2) is 40.9 Å². The second kappa shape index (κ2) is 6.19. The van der Waals surface area contributed by atoms with E-state index in [0.29, 0.717) is 23.9 Å². The van der Waals surface area contributed by atoms with Gasteiger partial charge in [-0.25, -0.2) is 0 Å². The predicted molar refractivity (Wildman–Crippen MR) is 69.9 cm³/mol. The first-order valence-electron chi connectivity index (χ1n) is 5.29. The monoisotopic (exact) mass is 255 g/mol. The predicted octanol–water partition coefficient (Wildman–Crippen LogP) is -0.448. The number of carbonyl (C=O) groups is 1. The van der Waals surface area contributed by atoms with Gasteiger partial charge >= 0.3 is 0 Å². The Kier molecular flexibility index (Phi) is 4.89. The van der Waals surface area contributed by atoms with Gasteiger partial charge in [0.25, 0.3) is 5.91 Å². The van der Waals surface area contributed by atoms with Crippen LogP contribution in [0.4, 0.5) is 0 Å². The molecule has 1 rings (SSSR count). The van der Waals surface area contributed by atoms with Gasteiger partial charge in [0.2, 0.25) is 0 Å². The minimum Gasteiger partial charge on any atom is -0.366 e. The molecule has 6 nitrogen and oxygen atoms in total. The largest absolute Gasteiger partial charge is 0.366 e. The maximum absolute atomic E-state index is 11.7. The van der Waals surface area contributed by atoms with E-state index in [0.717, 1.165) is 5.69 Å². The summed E-state index contributed by atoms with van der Waals surface area (Å²) in [6.07, 6.45) is 0. The molecule has 0 aliphatic rings. The van der Waals surface area contributed by atoms with Gasteiger partial charge in [-0.05, 0) is 25.2 Å².